The van der Waals surface area contributed by atoms with Crippen molar-refractivity contribution in [3.63, 3.8) is 0 Å². The van der Waals surface area contributed by atoms with Crippen molar-refractivity contribution in [2.75, 3.05) is 0 Å². The van der Waals surface area contributed by atoms with Gasteiger partial charge in [0.05, 0.1) is 11.4 Å². The summed E-state index contributed by atoms with van der Waals surface area (Å²) in [5.41, 5.74) is 2.31. The lowest BCUT2D eigenvalue weighted by atomic mass is 10.2. The first-order chi connectivity index (χ1) is 8.15. The first-order valence-corrected chi connectivity index (χ1v) is 5.91. The average Bonchev–Trinajstić information content (AvgIpc) is 2.33. The number of halogens is 1. The molecule has 0 spiro atoms. The number of nitrogens with zero attached hydrogens (tertiary/aromatic N) is 2. The zero-order chi connectivity index (χ0) is 12.3. The Morgan fingerprint density at radius 1 is 0.941 bits per heavy atom. The number of rotatable bonds is 2. The van der Waals surface area contributed by atoms with E-state index < -0.39 is 0 Å². The second-order valence-corrected chi connectivity index (χ2v) is 4.56. The van der Waals surface area contributed by atoms with E-state index in [2.05, 4.69) is 26.2 Å². The Bertz CT molecular complexity index is 550. The predicted molar refractivity (Wildman–Crippen MR) is 71.2 cm³/mol. The van der Waals surface area contributed by atoms with E-state index in [1.165, 1.54) is 0 Å². The fourth-order valence-corrected chi connectivity index (χ4v) is 1.59. The van der Waals surface area contributed by atoms with Crippen molar-refractivity contribution in [2.24, 2.45) is 10.2 Å². The molecule has 2 rings (SSSR count). The zero-order valence-electron chi connectivity index (χ0n) is 9.26. The molecule has 2 aromatic rings. The number of hydrogen-bond donors (Lipinski definition) is 1. The highest BCUT2D eigenvalue weighted by Crippen LogP contribution is 2.24. The molecule has 0 aromatic heterocycles. The molecule has 1 N–H and O–H groups in total. The zero-order valence-corrected chi connectivity index (χ0v) is 10.8. The number of hydrogen-bond acceptors (Lipinski definition) is 3. The number of phenolic OH excluding ortho intramolecular Hbond substituents is 1. The Labute approximate surface area is 108 Å². The molecule has 86 valence electrons. The van der Waals surface area contributed by atoms with Crippen molar-refractivity contribution in [3.05, 3.63) is 52.5 Å². The Morgan fingerprint density at radius 3 is 2.18 bits per heavy atom. The van der Waals surface area contributed by atoms with Gasteiger partial charge in [0.15, 0.2) is 0 Å². The summed E-state index contributed by atoms with van der Waals surface area (Å²) in [6.07, 6.45) is 0. The van der Waals surface area contributed by atoms with E-state index in [4.69, 9.17) is 0 Å². The van der Waals surface area contributed by atoms with Crippen LogP contribution in [-0.2, 0) is 0 Å². The van der Waals surface area contributed by atoms with Crippen molar-refractivity contribution >= 4 is 27.3 Å². The lowest BCUT2D eigenvalue weighted by Gasteiger charge is -1.98. The van der Waals surface area contributed by atoms with E-state index in [0.29, 0.717) is 0 Å². The normalized spacial score (nSPS) is 10.9. The molecule has 4 heteroatoms. The van der Waals surface area contributed by atoms with Gasteiger partial charge >= 0.3 is 0 Å². The minimum absolute atomic E-state index is 0.271. The molecule has 3 nitrogen and oxygen atoms in total. The molecule has 0 heterocycles. The maximum Gasteiger partial charge on any atom is 0.118 e. The second kappa shape index (κ2) is 5.10. The van der Waals surface area contributed by atoms with Gasteiger partial charge in [-0.2, -0.15) is 10.2 Å². The van der Waals surface area contributed by atoms with Gasteiger partial charge in [0.25, 0.3) is 0 Å². The molecule has 0 fully saturated rings. The van der Waals surface area contributed by atoms with Crippen LogP contribution in [0.2, 0.25) is 0 Å². The number of phenols is 1. The fourth-order valence-electron chi connectivity index (χ4n) is 1.33. The third-order valence-electron chi connectivity index (χ3n) is 2.29. The van der Waals surface area contributed by atoms with Gasteiger partial charge in [-0.3, -0.25) is 0 Å². The van der Waals surface area contributed by atoms with Crippen LogP contribution in [0.15, 0.2) is 57.2 Å². The van der Waals surface area contributed by atoms with Gasteiger partial charge in [0.2, 0.25) is 0 Å². The Hall–Kier alpha value is -1.68. The fraction of sp³-hybridized carbons (Fsp3) is 0.0769. The summed E-state index contributed by atoms with van der Waals surface area (Å²) in [6.45, 7) is 1.83. The summed E-state index contributed by atoms with van der Waals surface area (Å²) in [5, 5.41) is 17.6. The first-order valence-electron chi connectivity index (χ1n) is 5.12. The van der Waals surface area contributed by atoms with Gasteiger partial charge in [-0.05, 0) is 55.0 Å². The number of aromatic hydroxyl groups is 1. The number of aryl methyl sites for hydroxylation is 1. The molecule has 0 aliphatic carbocycles. The van der Waals surface area contributed by atoms with Crippen LogP contribution in [0.25, 0.3) is 0 Å². The Morgan fingerprint density at radius 2 is 1.53 bits per heavy atom. The Kier molecular flexibility index (Phi) is 3.54. The molecule has 0 radical (unpaired) electrons. The topological polar surface area (TPSA) is 45.0 Å². The molecule has 2 aromatic carbocycles. The van der Waals surface area contributed by atoms with Crippen molar-refractivity contribution in [2.45, 2.75) is 6.92 Å². The highest BCUT2D eigenvalue weighted by molar-refractivity contribution is 9.10. The summed E-state index contributed by atoms with van der Waals surface area (Å²) < 4.78 is 1.01. The van der Waals surface area contributed by atoms with E-state index in [9.17, 15) is 5.11 Å². The summed E-state index contributed by atoms with van der Waals surface area (Å²) in [4.78, 5) is 0. The molecule has 17 heavy (non-hydrogen) atoms. The minimum atomic E-state index is 0.271. The molecular weight excluding hydrogens is 280 g/mol. The van der Waals surface area contributed by atoms with E-state index in [1.54, 1.807) is 18.2 Å². The van der Waals surface area contributed by atoms with Gasteiger partial charge < -0.3 is 5.11 Å². The third-order valence-corrected chi connectivity index (χ3v) is 2.82. The van der Waals surface area contributed by atoms with Crippen LogP contribution in [0.3, 0.4) is 0 Å². The summed E-state index contributed by atoms with van der Waals surface area (Å²) >= 11 is 3.36. The predicted octanol–water partition coefficient (Wildman–Crippen LogP) is 4.88. The first kappa shape index (κ1) is 11.8. The van der Waals surface area contributed by atoms with Crippen LogP contribution in [0, 0.1) is 6.92 Å². The molecule has 0 atom stereocenters. The molecule has 0 saturated carbocycles. The van der Waals surface area contributed by atoms with E-state index in [1.807, 2.05) is 31.2 Å². The largest absolute Gasteiger partial charge is 0.508 e. The van der Waals surface area contributed by atoms with Crippen LogP contribution < -0.4 is 0 Å². The molecule has 0 aliphatic rings. The Balaban J connectivity index is 2.20. The van der Waals surface area contributed by atoms with Crippen molar-refractivity contribution in [3.8, 4) is 5.75 Å². The van der Waals surface area contributed by atoms with E-state index in [-0.39, 0.29) is 5.75 Å². The molecular formula is C13H11BrN2O. The molecule has 0 unspecified atom stereocenters. The minimum Gasteiger partial charge on any atom is -0.508 e. The van der Waals surface area contributed by atoms with Crippen molar-refractivity contribution < 1.29 is 5.11 Å². The van der Waals surface area contributed by atoms with Crippen LogP contribution in [0.5, 0.6) is 5.75 Å². The maximum atomic E-state index is 9.38. The lowest BCUT2D eigenvalue weighted by molar-refractivity contribution is 0.471. The highest BCUT2D eigenvalue weighted by Gasteiger charge is 1.96. The highest BCUT2D eigenvalue weighted by atomic mass is 79.9. The van der Waals surface area contributed by atoms with E-state index >= 15 is 0 Å². The van der Waals surface area contributed by atoms with Crippen molar-refractivity contribution in [1.29, 1.82) is 0 Å². The molecule has 0 aliphatic heterocycles. The summed E-state index contributed by atoms with van der Waals surface area (Å²) in [5.74, 6) is 0.271. The monoisotopic (exact) mass is 290 g/mol. The maximum absolute atomic E-state index is 9.38. The van der Waals surface area contributed by atoms with E-state index in [0.717, 1.165) is 21.4 Å². The lowest BCUT2D eigenvalue weighted by Crippen LogP contribution is -1.72. The van der Waals surface area contributed by atoms with Gasteiger partial charge in [0.1, 0.15) is 5.75 Å². The van der Waals surface area contributed by atoms with Gasteiger partial charge in [0, 0.05) is 4.47 Å². The molecule has 0 bridgehead atoms. The second-order valence-electron chi connectivity index (χ2n) is 3.65. The summed E-state index contributed by atoms with van der Waals surface area (Å²) in [7, 11) is 0. The standard InChI is InChI=1S/C13H11BrN2O/c1-9-8-12(6-7-13(9)17)16-15-11-4-2-10(14)3-5-11/h2-8,17H,1H3. The van der Waals surface area contributed by atoms with Crippen LogP contribution in [0.1, 0.15) is 5.56 Å². The van der Waals surface area contributed by atoms with Gasteiger partial charge in [-0.1, -0.05) is 15.9 Å². The third kappa shape index (κ3) is 3.14. The van der Waals surface area contributed by atoms with Gasteiger partial charge in [-0.25, -0.2) is 0 Å². The van der Waals surface area contributed by atoms with Crippen LogP contribution >= 0.6 is 15.9 Å². The number of azo groups is 1. The van der Waals surface area contributed by atoms with Crippen LogP contribution in [0.4, 0.5) is 11.4 Å². The van der Waals surface area contributed by atoms with Crippen molar-refractivity contribution in [1.82, 2.24) is 0 Å². The quantitative estimate of drug-likeness (QED) is 0.787. The molecule has 0 amide bonds. The average molecular weight is 291 g/mol. The smallest absolute Gasteiger partial charge is 0.118 e. The SMILES string of the molecule is Cc1cc(N=Nc2ccc(Br)cc2)ccc1O. The summed E-state index contributed by atoms with van der Waals surface area (Å²) in [6, 6.07) is 12.7. The van der Waals surface area contributed by atoms with Gasteiger partial charge in [-0.15, -0.1) is 0 Å². The van der Waals surface area contributed by atoms with Crippen LogP contribution in [-0.4, -0.2) is 5.11 Å². The molecule has 0 saturated heterocycles. The number of benzene rings is 2.